The van der Waals surface area contributed by atoms with Crippen LogP contribution in [0.2, 0.25) is 0 Å². The third-order valence-electron chi connectivity index (χ3n) is 3.10. The van der Waals surface area contributed by atoms with E-state index in [0.29, 0.717) is 11.2 Å². The molecule has 3 nitrogen and oxygen atoms in total. The summed E-state index contributed by atoms with van der Waals surface area (Å²) < 4.78 is 0.588. The van der Waals surface area contributed by atoms with Gasteiger partial charge in [0.25, 0.3) is 0 Å². The van der Waals surface area contributed by atoms with Gasteiger partial charge < -0.3 is 0 Å². The predicted molar refractivity (Wildman–Crippen MR) is 72.8 cm³/mol. The van der Waals surface area contributed by atoms with Crippen LogP contribution in [-0.4, -0.2) is 32.7 Å². The van der Waals surface area contributed by atoms with Gasteiger partial charge in [0.2, 0.25) is 0 Å². The van der Waals surface area contributed by atoms with Crippen molar-refractivity contribution in [2.75, 3.05) is 0 Å². The van der Waals surface area contributed by atoms with Crippen molar-refractivity contribution in [2.45, 2.75) is 12.5 Å². The number of rotatable bonds is 2. The Morgan fingerprint density at radius 1 is 1.17 bits per heavy atom. The van der Waals surface area contributed by atoms with Gasteiger partial charge >= 0.3 is 113 Å². The number of hydrogen-bond acceptors (Lipinski definition) is 2. The van der Waals surface area contributed by atoms with E-state index in [-0.39, 0.29) is 11.9 Å². The van der Waals surface area contributed by atoms with E-state index >= 15 is 0 Å². The van der Waals surface area contributed by atoms with Crippen LogP contribution in [0, 0.1) is 0 Å². The van der Waals surface area contributed by atoms with E-state index in [1.54, 1.807) is 0 Å². The number of carbonyl (C=O) groups is 1. The average molecular weight is 302 g/mol. The summed E-state index contributed by atoms with van der Waals surface area (Å²) in [6, 6.07) is 14.0. The molecule has 1 heterocycles. The summed E-state index contributed by atoms with van der Waals surface area (Å²) in [5.41, 5.74) is 1.16. The summed E-state index contributed by atoms with van der Waals surface area (Å²) in [5.74, 6) is -0.0308. The van der Waals surface area contributed by atoms with Crippen molar-refractivity contribution in [3.63, 3.8) is 0 Å². The van der Waals surface area contributed by atoms with Crippen molar-refractivity contribution in [1.82, 2.24) is 5.32 Å². The molecule has 1 aliphatic rings. The van der Waals surface area contributed by atoms with Crippen LogP contribution < -0.4 is 5.32 Å². The first-order valence-corrected chi connectivity index (χ1v) is 6.62. The van der Waals surface area contributed by atoms with E-state index in [2.05, 4.69) is 50.6 Å². The van der Waals surface area contributed by atoms with E-state index in [1.807, 2.05) is 18.2 Å². The van der Waals surface area contributed by atoms with Crippen LogP contribution in [0.15, 0.2) is 47.5 Å². The zero-order valence-corrected chi connectivity index (χ0v) is 11.3. The Hall–Kier alpha value is -1.64. The molecule has 1 unspecified atom stereocenters. The van der Waals surface area contributed by atoms with Crippen molar-refractivity contribution in [3.8, 4) is 0 Å². The fourth-order valence-corrected chi connectivity index (χ4v) is 2.72. The molecule has 3 rings (SSSR count). The molecule has 0 saturated carbocycles. The summed E-state index contributed by atoms with van der Waals surface area (Å²) in [6.45, 7) is 0. The van der Waals surface area contributed by atoms with Crippen molar-refractivity contribution >= 4 is 37.4 Å². The molecular formula is C14H11N2OSe. The third kappa shape index (κ3) is 2.05. The number of benzene rings is 2. The molecule has 0 bridgehead atoms. The number of carbonyl (C=O) groups excluding carboxylic acids is 1. The Labute approximate surface area is 113 Å². The van der Waals surface area contributed by atoms with E-state index in [0.717, 1.165) is 5.56 Å². The Bertz CT molecular complexity index is 646. The number of nitrogens with zero attached hydrogens (tertiary/aromatic N) is 1. The van der Waals surface area contributed by atoms with Crippen molar-refractivity contribution in [3.05, 3.63) is 48.0 Å². The van der Waals surface area contributed by atoms with E-state index in [1.165, 1.54) is 10.8 Å². The average Bonchev–Trinajstić information content (AvgIpc) is 2.68. The van der Waals surface area contributed by atoms with E-state index in [9.17, 15) is 4.79 Å². The number of fused-ring (bicyclic) bond motifs is 1. The number of amides is 1. The van der Waals surface area contributed by atoms with Gasteiger partial charge in [0.1, 0.15) is 0 Å². The molecule has 2 aromatic carbocycles. The van der Waals surface area contributed by atoms with Crippen LogP contribution in [0.5, 0.6) is 0 Å². The number of aliphatic imine (C=N–C) groups is 1. The Kier molecular flexibility index (Phi) is 2.90. The molecule has 1 N–H and O–H groups in total. The van der Waals surface area contributed by atoms with Gasteiger partial charge in [0.15, 0.2) is 0 Å². The van der Waals surface area contributed by atoms with Gasteiger partial charge in [-0.2, -0.15) is 0 Å². The molecular weight excluding hydrogens is 291 g/mol. The summed E-state index contributed by atoms with van der Waals surface area (Å²) >= 11 is 2.74. The summed E-state index contributed by atoms with van der Waals surface area (Å²) in [5, 5.41) is 5.08. The molecule has 89 valence electrons. The minimum atomic E-state index is -0.313. The van der Waals surface area contributed by atoms with Gasteiger partial charge in [-0.1, -0.05) is 0 Å². The molecule has 1 aliphatic heterocycles. The van der Waals surface area contributed by atoms with Crippen LogP contribution >= 0.6 is 0 Å². The summed E-state index contributed by atoms with van der Waals surface area (Å²) in [6.07, 6.45) is 0.637. The van der Waals surface area contributed by atoms with Crippen LogP contribution in [0.25, 0.3) is 10.8 Å². The normalized spacial score (nSPS) is 18.8. The van der Waals surface area contributed by atoms with Crippen molar-refractivity contribution in [2.24, 2.45) is 4.99 Å². The fraction of sp³-hybridized carbons (Fsp3) is 0.143. The second kappa shape index (κ2) is 4.56. The summed E-state index contributed by atoms with van der Waals surface area (Å²) in [7, 11) is 0. The van der Waals surface area contributed by atoms with Crippen LogP contribution in [0.3, 0.4) is 0 Å². The molecule has 0 aromatic heterocycles. The molecule has 4 heteroatoms. The molecule has 1 amide bonds. The topological polar surface area (TPSA) is 41.5 Å². The second-order valence-corrected chi connectivity index (χ2v) is 5.09. The zero-order valence-electron chi connectivity index (χ0n) is 9.59. The Balaban J connectivity index is 1.98. The first kappa shape index (κ1) is 11.4. The Morgan fingerprint density at radius 2 is 1.94 bits per heavy atom. The molecule has 0 spiro atoms. The Morgan fingerprint density at radius 3 is 2.72 bits per heavy atom. The van der Waals surface area contributed by atoms with Gasteiger partial charge in [-0.05, 0) is 0 Å². The molecule has 1 radical (unpaired) electrons. The molecule has 0 aliphatic carbocycles. The maximum absolute atomic E-state index is 11.7. The molecule has 1 atom stereocenters. The van der Waals surface area contributed by atoms with Crippen molar-refractivity contribution < 1.29 is 4.79 Å². The van der Waals surface area contributed by atoms with E-state index in [4.69, 9.17) is 0 Å². The molecule has 0 saturated heterocycles. The molecule has 2 aromatic rings. The first-order valence-electron chi connectivity index (χ1n) is 5.76. The van der Waals surface area contributed by atoms with Crippen molar-refractivity contribution in [1.29, 1.82) is 0 Å². The monoisotopic (exact) mass is 303 g/mol. The van der Waals surface area contributed by atoms with Gasteiger partial charge in [-0.3, -0.25) is 0 Å². The maximum atomic E-state index is 11.7. The van der Waals surface area contributed by atoms with Crippen LogP contribution in [0.1, 0.15) is 5.56 Å². The standard InChI is InChI=1S/C14H11N2OSe/c17-13-12(15-14(18)16-13)8-10-6-3-5-9-4-1-2-7-11(9)10/h1-7,12H,8H2,(H,15,16,17). The SMILES string of the molecule is O=C1NC([Se])=NC1Cc1cccc2ccccc12. The number of hydrogen-bond donors (Lipinski definition) is 1. The summed E-state index contributed by atoms with van der Waals surface area (Å²) in [4.78, 5) is 16.0. The van der Waals surface area contributed by atoms with Gasteiger partial charge in [-0.15, -0.1) is 0 Å². The van der Waals surface area contributed by atoms with Gasteiger partial charge in [0.05, 0.1) is 0 Å². The number of amidine groups is 1. The van der Waals surface area contributed by atoms with Crippen LogP contribution in [0.4, 0.5) is 0 Å². The fourth-order valence-electron chi connectivity index (χ4n) is 2.24. The van der Waals surface area contributed by atoms with E-state index < -0.39 is 0 Å². The van der Waals surface area contributed by atoms with Crippen LogP contribution in [-0.2, 0) is 11.2 Å². The molecule has 0 fully saturated rings. The van der Waals surface area contributed by atoms with Gasteiger partial charge in [-0.25, -0.2) is 0 Å². The zero-order chi connectivity index (χ0) is 12.5. The molecule has 18 heavy (non-hydrogen) atoms. The number of nitrogens with one attached hydrogen (secondary N) is 1. The second-order valence-electron chi connectivity index (χ2n) is 4.28. The van der Waals surface area contributed by atoms with Gasteiger partial charge in [0, 0.05) is 0 Å². The third-order valence-corrected chi connectivity index (χ3v) is 3.53. The first-order chi connectivity index (χ1) is 8.74. The minimum absolute atomic E-state index is 0.0308. The predicted octanol–water partition coefficient (Wildman–Crippen LogP) is 1.41. The quantitative estimate of drug-likeness (QED) is 0.837.